The Bertz CT molecular complexity index is 797. The molecule has 0 aliphatic heterocycles. The molecule has 0 aliphatic rings. The second-order valence-electron chi connectivity index (χ2n) is 5.21. The van der Waals surface area contributed by atoms with Gasteiger partial charge in [-0.05, 0) is 0 Å². The standard InChI is InChI=1S/C20H17O2P/c21-20(17-10-4-1-5-11-17)16-23(22,18-12-6-2-7-13-18)19-14-8-3-9-15-19/h1-16,21H/b20-16-. The van der Waals surface area contributed by atoms with Gasteiger partial charge in [0.2, 0.25) is 0 Å². The lowest BCUT2D eigenvalue weighted by atomic mass is 10.2. The SMILES string of the molecule is O=P(/C=C(\O)c1ccccc1)(c1ccccc1)c1ccccc1. The molecule has 114 valence electrons. The summed E-state index contributed by atoms with van der Waals surface area (Å²) in [6.45, 7) is 0. The highest BCUT2D eigenvalue weighted by atomic mass is 31.2. The molecule has 0 atom stereocenters. The fourth-order valence-electron chi connectivity index (χ4n) is 2.45. The molecular formula is C20H17O2P. The molecule has 0 saturated carbocycles. The van der Waals surface area contributed by atoms with E-state index >= 15 is 0 Å². The van der Waals surface area contributed by atoms with Gasteiger partial charge in [-0.2, -0.15) is 0 Å². The van der Waals surface area contributed by atoms with Gasteiger partial charge in [0.05, 0.1) is 0 Å². The fourth-order valence-corrected chi connectivity index (χ4v) is 4.77. The Balaban J connectivity index is 2.16. The van der Waals surface area contributed by atoms with Crippen LogP contribution in [0.1, 0.15) is 5.56 Å². The second-order valence-corrected chi connectivity index (χ2v) is 7.82. The number of aliphatic hydroxyl groups excluding tert-OH is 1. The van der Waals surface area contributed by atoms with E-state index in [4.69, 9.17) is 0 Å². The third kappa shape index (κ3) is 3.28. The summed E-state index contributed by atoms with van der Waals surface area (Å²) < 4.78 is 13.8. The zero-order chi connectivity index (χ0) is 16.1. The molecule has 0 amide bonds. The lowest BCUT2D eigenvalue weighted by molar-refractivity contribution is 0.512. The van der Waals surface area contributed by atoms with Crippen LogP contribution >= 0.6 is 7.14 Å². The van der Waals surface area contributed by atoms with E-state index in [1.54, 1.807) is 12.1 Å². The molecule has 0 bridgehead atoms. The van der Waals surface area contributed by atoms with Crippen molar-refractivity contribution >= 4 is 23.5 Å². The van der Waals surface area contributed by atoms with Gasteiger partial charge in [-0.1, -0.05) is 91.0 Å². The smallest absolute Gasteiger partial charge is 0.167 e. The van der Waals surface area contributed by atoms with E-state index in [1.165, 1.54) is 5.82 Å². The Morgan fingerprint density at radius 3 is 1.52 bits per heavy atom. The normalized spacial score (nSPS) is 12.1. The summed E-state index contributed by atoms with van der Waals surface area (Å²) in [5, 5.41) is 11.9. The van der Waals surface area contributed by atoms with Crippen molar-refractivity contribution in [2.45, 2.75) is 0 Å². The van der Waals surface area contributed by atoms with Crippen LogP contribution in [0.4, 0.5) is 0 Å². The van der Waals surface area contributed by atoms with E-state index in [-0.39, 0.29) is 5.76 Å². The van der Waals surface area contributed by atoms with Crippen LogP contribution in [0.15, 0.2) is 96.8 Å². The van der Waals surface area contributed by atoms with Crippen LogP contribution in [0.2, 0.25) is 0 Å². The summed E-state index contributed by atoms with van der Waals surface area (Å²) in [5.41, 5.74) is 0.652. The van der Waals surface area contributed by atoms with Gasteiger partial charge >= 0.3 is 0 Å². The second kappa shape index (κ2) is 6.68. The van der Waals surface area contributed by atoms with Gasteiger partial charge in [0, 0.05) is 22.0 Å². The van der Waals surface area contributed by atoms with Crippen LogP contribution < -0.4 is 10.6 Å². The van der Waals surface area contributed by atoms with Crippen molar-refractivity contribution in [2.24, 2.45) is 0 Å². The van der Waals surface area contributed by atoms with Crippen molar-refractivity contribution in [1.82, 2.24) is 0 Å². The summed E-state index contributed by atoms with van der Waals surface area (Å²) in [4.78, 5) is 0. The maximum atomic E-state index is 13.8. The van der Waals surface area contributed by atoms with Crippen molar-refractivity contribution in [3.8, 4) is 0 Å². The molecule has 2 nitrogen and oxygen atoms in total. The number of hydrogen-bond donors (Lipinski definition) is 1. The molecule has 3 aromatic carbocycles. The molecule has 0 saturated heterocycles. The molecule has 0 aromatic heterocycles. The number of hydrogen-bond acceptors (Lipinski definition) is 2. The maximum absolute atomic E-state index is 13.8. The fraction of sp³-hybridized carbons (Fsp3) is 0. The van der Waals surface area contributed by atoms with E-state index in [1.807, 2.05) is 78.9 Å². The highest BCUT2D eigenvalue weighted by Gasteiger charge is 2.25. The van der Waals surface area contributed by atoms with Gasteiger partial charge in [-0.15, -0.1) is 0 Å². The zero-order valence-electron chi connectivity index (χ0n) is 12.5. The number of aliphatic hydroxyl groups is 1. The molecule has 1 N–H and O–H groups in total. The quantitative estimate of drug-likeness (QED) is 0.565. The van der Waals surface area contributed by atoms with Gasteiger partial charge in [-0.25, -0.2) is 0 Å². The predicted molar refractivity (Wildman–Crippen MR) is 96.8 cm³/mol. The van der Waals surface area contributed by atoms with Crippen LogP contribution in [0.5, 0.6) is 0 Å². The van der Waals surface area contributed by atoms with E-state index in [0.717, 1.165) is 0 Å². The average molecular weight is 320 g/mol. The Labute approximate surface area is 136 Å². The van der Waals surface area contributed by atoms with E-state index < -0.39 is 7.14 Å². The van der Waals surface area contributed by atoms with Gasteiger partial charge in [0.1, 0.15) is 5.76 Å². The summed E-state index contributed by atoms with van der Waals surface area (Å²) in [5.74, 6) is 1.52. The first-order valence-electron chi connectivity index (χ1n) is 7.38. The minimum absolute atomic E-state index is 0.0293. The summed E-state index contributed by atoms with van der Waals surface area (Å²) in [7, 11) is -3.06. The Hall–Kier alpha value is -2.57. The molecule has 3 heteroatoms. The first-order chi connectivity index (χ1) is 11.2. The third-order valence-corrected chi connectivity index (χ3v) is 6.39. The van der Waals surface area contributed by atoms with Crippen molar-refractivity contribution < 1.29 is 9.67 Å². The monoisotopic (exact) mass is 320 g/mol. The largest absolute Gasteiger partial charge is 0.507 e. The molecule has 3 aromatic rings. The van der Waals surface area contributed by atoms with Gasteiger partial charge < -0.3 is 9.67 Å². The Morgan fingerprint density at radius 2 is 1.09 bits per heavy atom. The van der Waals surface area contributed by atoms with Crippen molar-refractivity contribution in [3.63, 3.8) is 0 Å². The lowest BCUT2D eigenvalue weighted by Gasteiger charge is -2.16. The zero-order valence-corrected chi connectivity index (χ0v) is 13.4. The topological polar surface area (TPSA) is 37.3 Å². The molecule has 0 heterocycles. The first-order valence-corrected chi connectivity index (χ1v) is 9.16. The van der Waals surface area contributed by atoms with Gasteiger partial charge in [0.25, 0.3) is 0 Å². The molecule has 0 unspecified atom stereocenters. The minimum Gasteiger partial charge on any atom is -0.507 e. The van der Waals surface area contributed by atoms with Crippen LogP contribution in [0, 0.1) is 0 Å². The highest BCUT2D eigenvalue weighted by Crippen LogP contribution is 2.46. The molecule has 0 fully saturated rings. The van der Waals surface area contributed by atoms with E-state index in [0.29, 0.717) is 16.2 Å². The summed E-state index contributed by atoms with van der Waals surface area (Å²) >= 11 is 0. The van der Waals surface area contributed by atoms with Crippen LogP contribution in [-0.2, 0) is 4.57 Å². The predicted octanol–water partition coefficient (Wildman–Crippen LogP) is 4.56. The molecular weight excluding hydrogens is 303 g/mol. The Morgan fingerprint density at radius 1 is 0.696 bits per heavy atom. The van der Waals surface area contributed by atoms with Crippen LogP contribution in [-0.4, -0.2) is 5.11 Å². The molecule has 23 heavy (non-hydrogen) atoms. The van der Waals surface area contributed by atoms with Crippen molar-refractivity contribution in [2.75, 3.05) is 0 Å². The molecule has 0 spiro atoms. The lowest BCUT2D eigenvalue weighted by Crippen LogP contribution is -2.14. The summed E-state index contributed by atoms with van der Waals surface area (Å²) in [6.07, 6.45) is 0. The molecule has 0 radical (unpaired) electrons. The van der Waals surface area contributed by atoms with Crippen molar-refractivity contribution in [3.05, 3.63) is 102 Å². The van der Waals surface area contributed by atoms with E-state index in [9.17, 15) is 9.67 Å². The van der Waals surface area contributed by atoms with Gasteiger partial charge in [0.15, 0.2) is 7.14 Å². The molecule has 3 rings (SSSR count). The molecule has 0 aliphatic carbocycles. The number of rotatable bonds is 4. The highest BCUT2D eigenvalue weighted by molar-refractivity contribution is 7.81. The van der Waals surface area contributed by atoms with Gasteiger partial charge in [-0.3, -0.25) is 0 Å². The van der Waals surface area contributed by atoms with Crippen LogP contribution in [0.25, 0.3) is 5.76 Å². The van der Waals surface area contributed by atoms with Crippen molar-refractivity contribution in [1.29, 1.82) is 0 Å². The van der Waals surface area contributed by atoms with Crippen LogP contribution in [0.3, 0.4) is 0 Å². The maximum Gasteiger partial charge on any atom is 0.167 e. The first kappa shape index (κ1) is 15.3. The Kier molecular flexibility index (Phi) is 4.45. The van der Waals surface area contributed by atoms with E-state index in [2.05, 4.69) is 0 Å². The third-order valence-electron chi connectivity index (χ3n) is 3.65. The average Bonchev–Trinajstić information content (AvgIpc) is 2.64. The summed E-state index contributed by atoms with van der Waals surface area (Å²) in [6, 6.07) is 27.7. The number of benzene rings is 3. The minimum atomic E-state index is -3.06.